The minimum atomic E-state index is 0.221. The van der Waals surface area contributed by atoms with Crippen molar-refractivity contribution in [2.75, 3.05) is 6.61 Å². The Kier molecular flexibility index (Phi) is 6.93. The second-order valence-corrected chi connectivity index (χ2v) is 5.65. The van der Waals surface area contributed by atoms with E-state index in [1.54, 1.807) is 0 Å². The van der Waals surface area contributed by atoms with Crippen LogP contribution in [0.25, 0.3) is 0 Å². The molecule has 0 aliphatic carbocycles. The lowest BCUT2D eigenvalue weighted by molar-refractivity contribution is 0.288. The van der Waals surface area contributed by atoms with Crippen molar-refractivity contribution >= 4 is 0 Å². The average Bonchev–Trinajstić information content (AvgIpc) is 2.48. The molecule has 0 aliphatic heterocycles. The first kappa shape index (κ1) is 18.1. The van der Waals surface area contributed by atoms with Gasteiger partial charge in [0.05, 0.1) is 0 Å². The summed E-state index contributed by atoms with van der Waals surface area (Å²) in [6.45, 7) is 7.79. The maximum Gasteiger partial charge on any atom is 0.121 e. The summed E-state index contributed by atoms with van der Waals surface area (Å²) in [5.41, 5.74) is 4.88. The minimum Gasteiger partial charge on any atom is -0.507 e. The molecule has 120 valence electrons. The van der Waals surface area contributed by atoms with Gasteiger partial charge >= 0.3 is 0 Å². The first-order valence-electron chi connectivity index (χ1n) is 7.52. The first-order chi connectivity index (χ1) is 10.4. The number of aliphatic hydroxyl groups excluding tert-OH is 1. The van der Waals surface area contributed by atoms with Gasteiger partial charge in [-0.15, -0.1) is 0 Å². The molecule has 0 spiro atoms. The zero-order valence-electron chi connectivity index (χ0n) is 13.8. The molecule has 2 aromatic rings. The smallest absolute Gasteiger partial charge is 0.121 e. The number of benzene rings is 2. The van der Waals surface area contributed by atoms with Gasteiger partial charge in [0.1, 0.15) is 11.5 Å². The fourth-order valence-corrected chi connectivity index (χ4v) is 2.28. The lowest BCUT2D eigenvalue weighted by Crippen LogP contribution is -1.92. The second kappa shape index (κ2) is 8.44. The van der Waals surface area contributed by atoms with E-state index < -0.39 is 0 Å². The van der Waals surface area contributed by atoms with Crippen LogP contribution in [-0.4, -0.2) is 21.9 Å². The summed E-state index contributed by atoms with van der Waals surface area (Å²) < 4.78 is 0. The number of hydrogen-bond donors (Lipinski definition) is 3. The molecule has 0 aliphatic rings. The van der Waals surface area contributed by atoms with E-state index in [0.717, 1.165) is 35.1 Å². The molecular formula is C19H26O3. The third-order valence-corrected chi connectivity index (χ3v) is 3.61. The molecule has 2 rings (SSSR count). The van der Waals surface area contributed by atoms with Crippen LogP contribution in [0, 0.1) is 27.7 Å². The van der Waals surface area contributed by atoms with Crippen molar-refractivity contribution in [1.82, 2.24) is 0 Å². The van der Waals surface area contributed by atoms with Crippen molar-refractivity contribution in [1.29, 1.82) is 0 Å². The molecule has 0 radical (unpaired) electrons. The molecule has 3 nitrogen and oxygen atoms in total. The Balaban J connectivity index is 0.000000235. The lowest BCUT2D eigenvalue weighted by Gasteiger charge is -2.06. The van der Waals surface area contributed by atoms with Crippen LogP contribution in [-0.2, 0) is 6.42 Å². The third kappa shape index (κ3) is 5.08. The number of hydrogen-bond acceptors (Lipinski definition) is 3. The summed E-state index contributed by atoms with van der Waals surface area (Å²) in [7, 11) is 0. The Bertz CT molecular complexity index is 575. The Morgan fingerprint density at radius 3 is 1.64 bits per heavy atom. The van der Waals surface area contributed by atoms with Crippen LogP contribution >= 0.6 is 0 Å². The summed E-state index contributed by atoms with van der Waals surface area (Å²) in [6, 6.07) is 9.66. The molecule has 0 saturated carbocycles. The molecule has 3 N–H and O–H groups in total. The van der Waals surface area contributed by atoms with Gasteiger partial charge < -0.3 is 15.3 Å². The van der Waals surface area contributed by atoms with E-state index >= 15 is 0 Å². The summed E-state index contributed by atoms with van der Waals surface area (Å²) in [5, 5.41) is 27.4. The second-order valence-electron chi connectivity index (χ2n) is 5.65. The van der Waals surface area contributed by atoms with Gasteiger partial charge in [-0.3, -0.25) is 0 Å². The SMILES string of the molecule is Cc1cc(CCCO)cc(C)c1O.Cc1cccc(C)c1O. The molecule has 22 heavy (non-hydrogen) atoms. The van der Waals surface area contributed by atoms with E-state index in [9.17, 15) is 10.2 Å². The fraction of sp³-hybridized carbons (Fsp3) is 0.368. The Morgan fingerprint density at radius 2 is 1.23 bits per heavy atom. The Morgan fingerprint density at radius 1 is 0.773 bits per heavy atom. The number of rotatable bonds is 3. The van der Waals surface area contributed by atoms with Gasteiger partial charge in [0, 0.05) is 6.61 Å². The molecule has 0 aromatic heterocycles. The summed E-state index contributed by atoms with van der Waals surface area (Å²) >= 11 is 0. The van der Waals surface area contributed by atoms with Gasteiger partial charge in [-0.05, 0) is 68.4 Å². The highest BCUT2D eigenvalue weighted by atomic mass is 16.3. The van der Waals surface area contributed by atoms with Crippen LogP contribution in [0.2, 0.25) is 0 Å². The summed E-state index contributed by atoms with van der Waals surface area (Å²) in [6.07, 6.45) is 1.65. The third-order valence-electron chi connectivity index (χ3n) is 3.61. The molecule has 0 bridgehead atoms. The van der Waals surface area contributed by atoms with Gasteiger partial charge in [-0.1, -0.05) is 30.3 Å². The van der Waals surface area contributed by atoms with Crippen LogP contribution in [0.1, 0.15) is 34.2 Å². The number of phenolic OH excluding ortho intramolecular Hbond substituents is 2. The maximum atomic E-state index is 9.51. The molecule has 3 heteroatoms. The molecule has 2 aromatic carbocycles. The number of para-hydroxylation sites is 1. The lowest BCUT2D eigenvalue weighted by atomic mass is 10.0. The highest BCUT2D eigenvalue weighted by Crippen LogP contribution is 2.23. The number of phenols is 2. The van der Waals surface area contributed by atoms with Crippen molar-refractivity contribution in [3.63, 3.8) is 0 Å². The largest absolute Gasteiger partial charge is 0.507 e. The highest BCUT2D eigenvalue weighted by Gasteiger charge is 2.02. The number of aliphatic hydroxyl groups is 1. The van der Waals surface area contributed by atoms with Crippen LogP contribution in [0.3, 0.4) is 0 Å². The molecule has 0 atom stereocenters. The van der Waals surface area contributed by atoms with Gasteiger partial charge in [0.25, 0.3) is 0 Å². The molecule has 0 saturated heterocycles. The van der Waals surface area contributed by atoms with Crippen molar-refractivity contribution in [2.45, 2.75) is 40.5 Å². The monoisotopic (exact) mass is 302 g/mol. The molecule has 0 fully saturated rings. The highest BCUT2D eigenvalue weighted by molar-refractivity contribution is 5.42. The van der Waals surface area contributed by atoms with Crippen molar-refractivity contribution in [2.24, 2.45) is 0 Å². The zero-order valence-corrected chi connectivity index (χ0v) is 13.8. The minimum absolute atomic E-state index is 0.221. The van der Waals surface area contributed by atoms with Crippen molar-refractivity contribution in [3.05, 3.63) is 58.1 Å². The Labute approximate surface area is 132 Å². The summed E-state index contributed by atoms with van der Waals surface area (Å²) in [4.78, 5) is 0. The van der Waals surface area contributed by atoms with E-state index in [4.69, 9.17) is 5.11 Å². The van der Waals surface area contributed by atoms with Crippen LogP contribution in [0.15, 0.2) is 30.3 Å². The molecule has 0 heterocycles. The molecule has 0 amide bonds. The van der Waals surface area contributed by atoms with Crippen molar-refractivity contribution in [3.8, 4) is 11.5 Å². The predicted molar refractivity (Wildman–Crippen MR) is 90.6 cm³/mol. The van der Waals surface area contributed by atoms with Gasteiger partial charge in [-0.25, -0.2) is 0 Å². The van der Waals surface area contributed by atoms with Crippen LogP contribution < -0.4 is 0 Å². The number of aromatic hydroxyl groups is 2. The fourth-order valence-electron chi connectivity index (χ4n) is 2.28. The van der Waals surface area contributed by atoms with E-state index in [1.807, 2.05) is 58.0 Å². The normalized spacial score (nSPS) is 10.0. The van der Waals surface area contributed by atoms with E-state index in [2.05, 4.69) is 0 Å². The van der Waals surface area contributed by atoms with Gasteiger partial charge in [0.15, 0.2) is 0 Å². The average molecular weight is 302 g/mol. The quantitative estimate of drug-likeness (QED) is 0.804. The van der Waals surface area contributed by atoms with E-state index in [0.29, 0.717) is 11.5 Å². The first-order valence-corrected chi connectivity index (χ1v) is 7.52. The van der Waals surface area contributed by atoms with E-state index in [1.165, 1.54) is 5.56 Å². The summed E-state index contributed by atoms with van der Waals surface area (Å²) in [5.74, 6) is 0.797. The molecule has 0 unspecified atom stereocenters. The van der Waals surface area contributed by atoms with Gasteiger partial charge in [-0.2, -0.15) is 0 Å². The van der Waals surface area contributed by atoms with Crippen LogP contribution in [0.5, 0.6) is 11.5 Å². The van der Waals surface area contributed by atoms with Crippen molar-refractivity contribution < 1.29 is 15.3 Å². The van der Waals surface area contributed by atoms with E-state index in [-0.39, 0.29) is 6.61 Å². The number of aryl methyl sites for hydroxylation is 5. The Hall–Kier alpha value is -2.00. The molecular weight excluding hydrogens is 276 g/mol. The maximum absolute atomic E-state index is 9.51. The topological polar surface area (TPSA) is 60.7 Å². The predicted octanol–water partition coefficient (Wildman–Crippen LogP) is 3.94. The standard InChI is InChI=1S/C11H16O2.C8H10O/c1-8-6-10(4-3-5-12)7-9(2)11(8)13;1-6-4-3-5-7(2)8(6)9/h6-7,12-13H,3-5H2,1-2H3;3-5,9H,1-2H3. The van der Waals surface area contributed by atoms with Crippen LogP contribution in [0.4, 0.5) is 0 Å². The zero-order chi connectivity index (χ0) is 16.7. The van der Waals surface area contributed by atoms with Gasteiger partial charge in [0.2, 0.25) is 0 Å².